The van der Waals surface area contributed by atoms with E-state index in [0.717, 1.165) is 30.8 Å². The Labute approximate surface area is 100 Å². The number of aromatic nitrogens is 3. The third-order valence-corrected chi connectivity index (χ3v) is 2.84. The highest BCUT2D eigenvalue weighted by Crippen LogP contribution is 2.16. The molecule has 1 heterocycles. The molecule has 1 aromatic heterocycles. The molecule has 0 aliphatic heterocycles. The zero-order valence-electron chi connectivity index (χ0n) is 9.31. The summed E-state index contributed by atoms with van der Waals surface area (Å²) in [6, 6.07) is 10.1. The van der Waals surface area contributed by atoms with Crippen molar-refractivity contribution in [3.05, 3.63) is 35.1 Å². The highest BCUT2D eigenvalue weighted by Gasteiger charge is 2.07. The lowest BCUT2D eigenvalue weighted by Gasteiger charge is -2.05. The van der Waals surface area contributed by atoms with Gasteiger partial charge in [0.2, 0.25) is 0 Å². The molecule has 0 aliphatic carbocycles. The first kappa shape index (κ1) is 11.1. The fourth-order valence-corrected chi connectivity index (χ4v) is 1.87. The third-order valence-electron chi connectivity index (χ3n) is 2.53. The number of hydrogen-bond donors (Lipinski definition) is 1. The number of unbranched alkanes of at least 4 members (excludes halogenated alkanes) is 1. The fraction of sp³-hybridized carbons (Fsp3) is 0.333. The number of aromatic amines is 1. The normalized spacial score (nSPS) is 10.6. The van der Waals surface area contributed by atoms with Gasteiger partial charge in [0.1, 0.15) is 0 Å². The number of hydrogen-bond acceptors (Lipinski definition) is 2. The van der Waals surface area contributed by atoms with Crippen LogP contribution in [-0.2, 0) is 6.54 Å². The van der Waals surface area contributed by atoms with Gasteiger partial charge in [-0.1, -0.05) is 43.7 Å². The summed E-state index contributed by atoms with van der Waals surface area (Å²) in [5.74, 6) is 0.930. The second kappa shape index (κ2) is 5.07. The second-order valence-electron chi connectivity index (χ2n) is 3.72. The van der Waals surface area contributed by atoms with Crippen LogP contribution in [0.3, 0.4) is 0 Å². The van der Waals surface area contributed by atoms with Crippen molar-refractivity contribution in [2.75, 3.05) is 0 Å². The van der Waals surface area contributed by atoms with Gasteiger partial charge in [0.15, 0.2) is 10.6 Å². The lowest BCUT2D eigenvalue weighted by atomic mass is 10.2. The van der Waals surface area contributed by atoms with Crippen molar-refractivity contribution >= 4 is 12.2 Å². The van der Waals surface area contributed by atoms with Gasteiger partial charge in [-0.2, -0.15) is 5.10 Å². The minimum Gasteiger partial charge on any atom is -0.300 e. The summed E-state index contributed by atoms with van der Waals surface area (Å²) in [6.45, 7) is 3.10. The first-order valence-electron chi connectivity index (χ1n) is 5.53. The van der Waals surface area contributed by atoms with Crippen LogP contribution in [0.4, 0.5) is 0 Å². The smallest absolute Gasteiger partial charge is 0.195 e. The van der Waals surface area contributed by atoms with E-state index in [2.05, 4.69) is 21.7 Å². The Morgan fingerprint density at radius 1 is 1.31 bits per heavy atom. The Kier molecular flexibility index (Phi) is 3.51. The largest absolute Gasteiger partial charge is 0.300 e. The molecular formula is C12H15N3S. The van der Waals surface area contributed by atoms with Crippen molar-refractivity contribution in [2.24, 2.45) is 0 Å². The summed E-state index contributed by atoms with van der Waals surface area (Å²) in [5, 5.41) is 7.15. The molecule has 0 radical (unpaired) electrons. The van der Waals surface area contributed by atoms with Gasteiger partial charge in [-0.05, 0) is 18.6 Å². The van der Waals surface area contributed by atoms with E-state index in [4.69, 9.17) is 12.2 Å². The molecular weight excluding hydrogens is 218 g/mol. The van der Waals surface area contributed by atoms with Crippen LogP contribution < -0.4 is 0 Å². The lowest BCUT2D eigenvalue weighted by Crippen LogP contribution is -2.00. The maximum absolute atomic E-state index is 5.23. The van der Waals surface area contributed by atoms with Crippen LogP contribution in [0.15, 0.2) is 30.3 Å². The molecule has 0 amide bonds. The second-order valence-corrected chi connectivity index (χ2v) is 4.11. The van der Waals surface area contributed by atoms with E-state index in [1.807, 2.05) is 30.3 Å². The molecule has 2 rings (SSSR count). The van der Waals surface area contributed by atoms with Crippen LogP contribution in [-0.4, -0.2) is 14.8 Å². The molecule has 0 spiro atoms. The molecule has 0 aliphatic rings. The van der Waals surface area contributed by atoms with Crippen LogP contribution in [0.2, 0.25) is 0 Å². The van der Waals surface area contributed by atoms with E-state index in [0.29, 0.717) is 4.77 Å². The summed E-state index contributed by atoms with van der Waals surface area (Å²) < 4.78 is 2.76. The summed E-state index contributed by atoms with van der Waals surface area (Å²) in [7, 11) is 0. The Morgan fingerprint density at radius 3 is 2.75 bits per heavy atom. The van der Waals surface area contributed by atoms with E-state index in [1.165, 1.54) is 0 Å². The number of nitrogens with one attached hydrogen (secondary N) is 1. The molecule has 0 atom stereocenters. The topological polar surface area (TPSA) is 33.6 Å². The first-order valence-corrected chi connectivity index (χ1v) is 5.94. The van der Waals surface area contributed by atoms with Gasteiger partial charge in [0, 0.05) is 12.1 Å². The zero-order chi connectivity index (χ0) is 11.4. The predicted octanol–water partition coefficient (Wildman–Crippen LogP) is 3.41. The molecule has 1 aromatic carbocycles. The number of rotatable bonds is 4. The first-order chi connectivity index (χ1) is 7.83. The van der Waals surface area contributed by atoms with Gasteiger partial charge in [0.25, 0.3) is 0 Å². The molecule has 16 heavy (non-hydrogen) atoms. The predicted molar refractivity (Wildman–Crippen MR) is 67.8 cm³/mol. The van der Waals surface area contributed by atoms with Crippen molar-refractivity contribution in [2.45, 2.75) is 26.3 Å². The Bertz CT molecular complexity index is 498. The average Bonchev–Trinajstić information content (AvgIpc) is 2.69. The number of nitrogens with zero attached hydrogens (tertiary/aromatic N) is 2. The van der Waals surface area contributed by atoms with E-state index in [9.17, 15) is 0 Å². The molecule has 1 N–H and O–H groups in total. The summed E-state index contributed by atoms with van der Waals surface area (Å²) in [5.41, 5.74) is 1.10. The van der Waals surface area contributed by atoms with Crippen LogP contribution >= 0.6 is 12.2 Å². The van der Waals surface area contributed by atoms with E-state index in [-0.39, 0.29) is 0 Å². The molecule has 3 nitrogen and oxygen atoms in total. The van der Waals surface area contributed by atoms with E-state index in [1.54, 1.807) is 0 Å². The Hall–Kier alpha value is -1.42. The van der Waals surface area contributed by atoms with E-state index >= 15 is 0 Å². The maximum atomic E-state index is 5.23. The lowest BCUT2D eigenvalue weighted by molar-refractivity contribution is 0.629. The van der Waals surface area contributed by atoms with E-state index < -0.39 is 0 Å². The SMILES string of the molecule is CCCCn1c(-c2ccccc2)n[nH]c1=S. The van der Waals surface area contributed by atoms with Crippen molar-refractivity contribution in [1.29, 1.82) is 0 Å². The third kappa shape index (κ3) is 2.22. The number of benzene rings is 1. The minimum absolute atomic E-state index is 0.701. The van der Waals surface area contributed by atoms with Crippen LogP contribution in [0, 0.1) is 4.77 Å². The molecule has 0 saturated carbocycles. The average molecular weight is 233 g/mol. The molecule has 4 heteroatoms. The Balaban J connectivity index is 2.38. The minimum atomic E-state index is 0.701. The van der Waals surface area contributed by atoms with Crippen LogP contribution in [0.25, 0.3) is 11.4 Å². The number of H-pyrrole nitrogens is 1. The van der Waals surface area contributed by atoms with Crippen LogP contribution in [0.1, 0.15) is 19.8 Å². The van der Waals surface area contributed by atoms with Gasteiger partial charge in [-0.15, -0.1) is 0 Å². The van der Waals surface area contributed by atoms with Crippen molar-refractivity contribution in [3.63, 3.8) is 0 Å². The Morgan fingerprint density at radius 2 is 2.06 bits per heavy atom. The van der Waals surface area contributed by atoms with Crippen molar-refractivity contribution in [1.82, 2.24) is 14.8 Å². The van der Waals surface area contributed by atoms with Gasteiger partial charge in [-0.3, -0.25) is 5.10 Å². The summed E-state index contributed by atoms with van der Waals surface area (Å²) >= 11 is 5.23. The molecule has 0 bridgehead atoms. The fourth-order valence-electron chi connectivity index (χ4n) is 1.65. The van der Waals surface area contributed by atoms with Gasteiger partial charge >= 0.3 is 0 Å². The standard InChI is InChI=1S/C12H15N3S/c1-2-3-9-15-11(13-14-12(15)16)10-7-5-4-6-8-10/h4-8H,2-3,9H2,1H3,(H,14,16). The molecule has 0 fully saturated rings. The van der Waals surface area contributed by atoms with Gasteiger partial charge in [0.05, 0.1) is 0 Å². The quantitative estimate of drug-likeness (QED) is 0.821. The molecule has 2 aromatic rings. The van der Waals surface area contributed by atoms with Crippen molar-refractivity contribution < 1.29 is 0 Å². The zero-order valence-corrected chi connectivity index (χ0v) is 10.1. The maximum Gasteiger partial charge on any atom is 0.195 e. The highest BCUT2D eigenvalue weighted by molar-refractivity contribution is 7.71. The summed E-state index contributed by atoms with van der Waals surface area (Å²) in [6.07, 6.45) is 2.27. The molecule has 84 valence electrons. The van der Waals surface area contributed by atoms with Crippen LogP contribution in [0.5, 0.6) is 0 Å². The summed E-state index contributed by atoms with van der Waals surface area (Å²) in [4.78, 5) is 0. The van der Waals surface area contributed by atoms with Crippen molar-refractivity contribution in [3.8, 4) is 11.4 Å². The highest BCUT2D eigenvalue weighted by atomic mass is 32.1. The monoisotopic (exact) mass is 233 g/mol. The molecule has 0 unspecified atom stereocenters. The molecule has 0 saturated heterocycles. The van der Waals surface area contributed by atoms with Gasteiger partial charge < -0.3 is 4.57 Å². The van der Waals surface area contributed by atoms with Gasteiger partial charge in [-0.25, -0.2) is 0 Å².